The zero-order valence-electron chi connectivity index (χ0n) is 15.1. The Morgan fingerprint density at radius 1 is 1.00 bits per heavy atom. The monoisotopic (exact) mass is 384 g/mol. The van der Waals surface area contributed by atoms with Gasteiger partial charge in [-0.3, -0.25) is 0 Å². The summed E-state index contributed by atoms with van der Waals surface area (Å²) in [4.78, 5) is 8.69. The van der Waals surface area contributed by atoms with Gasteiger partial charge in [-0.2, -0.15) is 0 Å². The average Bonchev–Trinajstić information content (AvgIpc) is 3.24. The van der Waals surface area contributed by atoms with E-state index in [4.69, 9.17) is 0 Å². The minimum Gasteiger partial charge on any atom is -0.369 e. The number of nitrogens with zero attached hydrogens (tertiary/aromatic N) is 3. The summed E-state index contributed by atoms with van der Waals surface area (Å²) in [6.07, 6.45) is 0. The van der Waals surface area contributed by atoms with Gasteiger partial charge in [0.1, 0.15) is 11.6 Å². The normalized spacial score (nSPS) is 15.3. The molecule has 1 fully saturated rings. The van der Waals surface area contributed by atoms with Crippen LogP contribution < -0.4 is 4.90 Å². The molecule has 1 aliphatic rings. The van der Waals surface area contributed by atoms with Crippen molar-refractivity contribution in [2.45, 2.75) is 6.92 Å². The van der Waals surface area contributed by atoms with Crippen LogP contribution in [0.4, 0.5) is 14.5 Å². The van der Waals surface area contributed by atoms with Crippen molar-refractivity contribution in [2.24, 2.45) is 0 Å². The molecule has 0 spiro atoms. The van der Waals surface area contributed by atoms with Gasteiger partial charge in [0.15, 0.2) is 5.51 Å². The van der Waals surface area contributed by atoms with Gasteiger partial charge in [0.05, 0.1) is 5.69 Å². The van der Waals surface area contributed by atoms with E-state index in [0.29, 0.717) is 11.3 Å². The lowest BCUT2D eigenvalue weighted by molar-refractivity contribution is 0.271. The number of halogens is 2. The van der Waals surface area contributed by atoms with Crippen LogP contribution >= 0.6 is 11.3 Å². The number of aromatic nitrogens is 1. The maximum Gasteiger partial charge on any atom is 0.152 e. The molecular formula is C21H20F2N3S. The van der Waals surface area contributed by atoms with E-state index in [1.54, 1.807) is 5.38 Å². The first kappa shape index (κ1) is 18.1. The first-order valence-corrected chi connectivity index (χ1v) is 9.92. The summed E-state index contributed by atoms with van der Waals surface area (Å²) in [5, 5.41) is 1.66. The molecule has 0 bridgehead atoms. The van der Waals surface area contributed by atoms with Crippen LogP contribution in [0.2, 0.25) is 0 Å². The summed E-state index contributed by atoms with van der Waals surface area (Å²) in [5.41, 5.74) is 5.28. The molecule has 1 saturated heterocycles. The molecule has 27 heavy (non-hydrogen) atoms. The highest BCUT2D eigenvalue weighted by Crippen LogP contribution is 2.31. The zero-order valence-corrected chi connectivity index (χ0v) is 15.9. The van der Waals surface area contributed by atoms with Crippen molar-refractivity contribution in [1.29, 1.82) is 0 Å². The Balaban J connectivity index is 1.56. The molecule has 3 nitrogen and oxygen atoms in total. The van der Waals surface area contributed by atoms with Gasteiger partial charge >= 0.3 is 0 Å². The Hall–Kier alpha value is -2.31. The molecule has 2 heterocycles. The lowest BCUT2D eigenvalue weighted by atomic mass is 10.0. The lowest BCUT2D eigenvalue weighted by Crippen LogP contribution is -2.46. The molecule has 0 aliphatic carbocycles. The van der Waals surface area contributed by atoms with E-state index in [1.807, 2.05) is 24.3 Å². The van der Waals surface area contributed by atoms with Crippen molar-refractivity contribution >= 4 is 17.0 Å². The second-order valence-electron chi connectivity index (χ2n) is 6.60. The molecule has 0 atom stereocenters. The van der Waals surface area contributed by atoms with Gasteiger partial charge in [0.25, 0.3) is 0 Å². The number of anilines is 1. The predicted molar refractivity (Wildman–Crippen MR) is 106 cm³/mol. The van der Waals surface area contributed by atoms with Crippen molar-refractivity contribution in [3.63, 3.8) is 0 Å². The predicted octanol–water partition coefficient (Wildman–Crippen LogP) is 4.70. The molecule has 0 N–H and O–H groups in total. The largest absolute Gasteiger partial charge is 0.369 e. The highest BCUT2D eigenvalue weighted by molar-refractivity contribution is 7.07. The van der Waals surface area contributed by atoms with Crippen LogP contribution in [0, 0.1) is 17.1 Å². The van der Waals surface area contributed by atoms with E-state index in [-0.39, 0.29) is 11.1 Å². The van der Waals surface area contributed by atoms with Gasteiger partial charge in [-0.15, -0.1) is 11.3 Å². The Morgan fingerprint density at radius 3 is 2.30 bits per heavy atom. The Kier molecular flexibility index (Phi) is 5.18. The summed E-state index contributed by atoms with van der Waals surface area (Å²) in [7, 11) is 0. The minimum absolute atomic E-state index is 0.166. The molecule has 4 rings (SSSR count). The first-order valence-electron chi connectivity index (χ1n) is 9.04. The number of rotatable bonds is 4. The van der Waals surface area contributed by atoms with Crippen LogP contribution in [0.5, 0.6) is 0 Å². The van der Waals surface area contributed by atoms with Gasteiger partial charge < -0.3 is 9.80 Å². The van der Waals surface area contributed by atoms with Crippen LogP contribution in [0.1, 0.15) is 6.92 Å². The highest BCUT2D eigenvalue weighted by Gasteiger charge is 2.17. The number of benzene rings is 2. The second-order valence-corrected chi connectivity index (χ2v) is 7.26. The smallest absolute Gasteiger partial charge is 0.152 e. The van der Waals surface area contributed by atoms with Gasteiger partial charge in [-0.25, -0.2) is 13.8 Å². The zero-order chi connectivity index (χ0) is 18.8. The van der Waals surface area contributed by atoms with Crippen molar-refractivity contribution < 1.29 is 8.78 Å². The Bertz CT molecular complexity index is 902. The standard InChI is InChI=1S/C21H20F2N3S/c1-2-25-7-9-26(10-8-25)16-5-3-15(4-6-16)17-11-20(23)18(12-19(17)22)21-13-27-14-24-21/h3-6,11-13H,2,7-10H2,1H3. The number of hydrogen-bond donors (Lipinski definition) is 0. The van der Waals surface area contributed by atoms with Crippen molar-refractivity contribution in [3.05, 3.63) is 58.9 Å². The fourth-order valence-electron chi connectivity index (χ4n) is 3.45. The summed E-state index contributed by atoms with van der Waals surface area (Å²) in [6, 6.07) is 10.1. The van der Waals surface area contributed by atoms with E-state index in [1.165, 1.54) is 23.5 Å². The molecule has 0 unspecified atom stereocenters. The van der Waals surface area contributed by atoms with Crippen LogP contribution in [0.15, 0.2) is 41.8 Å². The minimum atomic E-state index is -0.481. The van der Waals surface area contributed by atoms with Gasteiger partial charge in [-0.05, 0) is 36.4 Å². The average molecular weight is 384 g/mol. The molecule has 6 heteroatoms. The molecule has 0 saturated carbocycles. The third kappa shape index (κ3) is 3.73. The fraction of sp³-hybridized carbons (Fsp3) is 0.286. The number of hydrogen-bond acceptors (Lipinski definition) is 4. The highest BCUT2D eigenvalue weighted by atomic mass is 32.1. The molecule has 3 aromatic rings. The van der Waals surface area contributed by atoms with Crippen LogP contribution in [0.3, 0.4) is 0 Å². The Labute approximate surface area is 161 Å². The molecule has 1 aromatic heterocycles. The van der Waals surface area contributed by atoms with Crippen molar-refractivity contribution in [1.82, 2.24) is 9.88 Å². The molecule has 0 amide bonds. The van der Waals surface area contributed by atoms with Gasteiger partial charge in [-0.1, -0.05) is 19.1 Å². The molecule has 1 radical (unpaired) electrons. The Morgan fingerprint density at radius 2 is 1.67 bits per heavy atom. The lowest BCUT2D eigenvalue weighted by Gasteiger charge is -2.35. The molecule has 2 aromatic carbocycles. The summed E-state index contributed by atoms with van der Waals surface area (Å²) >= 11 is 1.23. The molecular weight excluding hydrogens is 364 g/mol. The SMILES string of the molecule is CCN1CCN(c2ccc(-c3cc(F)c(-c4cs[c]n4)cc3F)cc2)CC1. The van der Waals surface area contributed by atoms with Crippen molar-refractivity contribution in [3.8, 4) is 22.4 Å². The maximum atomic E-state index is 14.6. The van der Waals surface area contributed by atoms with Gasteiger partial charge in [0, 0.05) is 48.4 Å². The number of likely N-dealkylation sites (N-methyl/N-ethyl adjacent to an activating group) is 1. The topological polar surface area (TPSA) is 19.4 Å². The van der Waals surface area contributed by atoms with Crippen LogP contribution in [0.25, 0.3) is 22.4 Å². The van der Waals surface area contributed by atoms with Crippen molar-refractivity contribution in [2.75, 3.05) is 37.6 Å². The third-order valence-corrected chi connectivity index (χ3v) is 5.62. The quantitative estimate of drug-likeness (QED) is 0.650. The summed E-state index contributed by atoms with van der Waals surface area (Å²) in [5.74, 6) is -0.936. The first-order chi connectivity index (χ1) is 13.2. The summed E-state index contributed by atoms with van der Waals surface area (Å²) in [6.45, 7) is 7.31. The van der Waals surface area contributed by atoms with Crippen LogP contribution in [-0.2, 0) is 0 Å². The van der Waals surface area contributed by atoms with E-state index in [9.17, 15) is 8.78 Å². The van der Waals surface area contributed by atoms with E-state index < -0.39 is 11.6 Å². The molecule has 1 aliphatic heterocycles. The van der Waals surface area contributed by atoms with Gasteiger partial charge in [0.2, 0.25) is 0 Å². The molecule has 139 valence electrons. The number of piperazine rings is 1. The fourth-order valence-corrected chi connectivity index (χ4v) is 3.94. The summed E-state index contributed by atoms with van der Waals surface area (Å²) < 4.78 is 29.1. The maximum absolute atomic E-state index is 14.6. The van der Waals surface area contributed by atoms with Crippen LogP contribution in [-0.4, -0.2) is 42.6 Å². The van der Waals surface area contributed by atoms with E-state index >= 15 is 0 Å². The second kappa shape index (κ2) is 7.74. The third-order valence-electron chi connectivity index (χ3n) is 5.08. The van der Waals surface area contributed by atoms with E-state index in [0.717, 1.165) is 38.4 Å². The van der Waals surface area contributed by atoms with E-state index in [2.05, 4.69) is 27.2 Å². The number of thiazole rings is 1.